The van der Waals surface area contributed by atoms with Crippen molar-refractivity contribution in [1.29, 1.82) is 0 Å². The average molecular weight is 378 g/mol. The third kappa shape index (κ3) is 6.05. The fourth-order valence-corrected chi connectivity index (χ4v) is 3.56. The minimum atomic E-state index is -0.192. The van der Waals surface area contributed by atoms with Crippen molar-refractivity contribution in [3.05, 3.63) is 47.0 Å². The molecule has 2 rings (SSSR count). The van der Waals surface area contributed by atoms with Crippen LogP contribution in [0.5, 0.6) is 0 Å². The lowest BCUT2D eigenvalue weighted by Crippen LogP contribution is -2.38. The molecule has 0 saturated carbocycles. The van der Waals surface area contributed by atoms with Gasteiger partial charge in [-0.25, -0.2) is 4.39 Å². The lowest BCUT2D eigenvalue weighted by atomic mass is 10.1. The summed E-state index contributed by atoms with van der Waals surface area (Å²) in [6.45, 7) is 5.81. The van der Waals surface area contributed by atoms with Crippen molar-refractivity contribution in [2.75, 3.05) is 25.9 Å². The highest BCUT2D eigenvalue weighted by molar-refractivity contribution is 7.99. The van der Waals surface area contributed by atoms with Gasteiger partial charge in [0.1, 0.15) is 5.82 Å². The first-order valence-corrected chi connectivity index (χ1v) is 9.81. The largest absolute Gasteiger partial charge is 0.356 e. The number of aryl methyl sites for hydroxylation is 2. The molecule has 0 radical (unpaired) electrons. The number of nitrogens with zero attached hydrogens (tertiary/aromatic N) is 3. The summed E-state index contributed by atoms with van der Waals surface area (Å²) in [5, 5.41) is 11.1. The molecule has 2 aromatic rings. The van der Waals surface area contributed by atoms with Crippen molar-refractivity contribution < 1.29 is 4.39 Å². The van der Waals surface area contributed by atoms with Gasteiger partial charge in [0.25, 0.3) is 0 Å². The zero-order valence-corrected chi connectivity index (χ0v) is 16.8. The van der Waals surface area contributed by atoms with Crippen LogP contribution < -0.4 is 10.6 Å². The predicted molar refractivity (Wildman–Crippen MR) is 107 cm³/mol. The zero-order chi connectivity index (χ0) is 18.9. The van der Waals surface area contributed by atoms with Gasteiger partial charge in [-0.1, -0.05) is 0 Å². The van der Waals surface area contributed by atoms with Crippen molar-refractivity contribution in [3.63, 3.8) is 0 Å². The summed E-state index contributed by atoms with van der Waals surface area (Å²) in [7, 11) is 3.76. The minimum Gasteiger partial charge on any atom is -0.356 e. The first kappa shape index (κ1) is 20.3. The molecule has 0 spiro atoms. The average Bonchev–Trinajstić information content (AvgIpc) is 2.87. The van der Waals surface area contributed by atoms with E-state index in [9.17, 15) is 4.39 Å². The number of guanidine groups is 1. The lowest BCUT2D eigenvalue weighted by Gasteiger charge is -2.12. The monoisotopic (exact) mass is 377 g/mol. The van der Waals surface area contributed by atoms with Crippen LogP contribution in [0, 0.1) is 19.7 Å². The summed E-state index contributed by atoms with van der Waals surface area (Å²) >= 11 is 1.73. The molecule has 2 N–H and O–H groups in total. The molecule has 0 aliphatic carbocycles. The van der Waals surface area contributed by atoms with E-state index in [1.54, 1.807) is 18.8 Å². The molecule has 0 bridgehead atoms. The van der Waals surface area contributed by atoms with E-state index in [4.69, 9.17) is 0 Å². The summed E-state index contributed by atoms with van der Waals surface area (Å²) in [5.41, 5.74) is 3.60. The molecule has 0 unspecified atom stereocenters. The standard InChI is InChI=1S/C19H28FN5S/c1-14-18(15(2)25(4)24-14)10-12-23-19(21-3)22-11-5-13-26-17-8-6-16(20)7-9-17/h6-9H,5,10-13H2,1-4H3,(H2,21,22,23). The number of aliphatic imine (C=N–C) groups is 1. The number of hydrogen-bond acceptors (Lipinski definition) is 3. The van der Waals surface area contributed by atoms with Crippen molar-refractivity contribution in [3.8, 4) is 0 Å². The molecule has 1 aromatic carbocycles. The maximum absolute atomic E-state index is 12.9. The number of nitrogens with one attached hydrogen (secondary N) is 2. The fraction of sp³-hybridized carbons (Fsp3) is 0.474. The summed E-state index contributed by atoms with van der Waals surface area (Å²) in [5.74, 6) is 1.60. The summed E-state index contributed by atoms with van der Waals surface area (Å²) in [4.78, 5) is 5.35. The number of aromatic nitrogens is 2. The van der Waals surface area contributed by atoms with E-state index < -0.39 is 0 Å². The van der Waals surface area contributed by atoms with Gasteiger partial charge in [0.2, 0.25) is 0 Å². The van der Waals surface area contributed by atoms with Gasteiger partial charge in [-0.3, -0.25) is 9.67 Å². The third-order valence-corrected chi connectivity index (χ3v) is 5.34. The number of halogens is 1. The second-order valence-electron chi connectivity index (χ2n) is 6.10. The molecule has 0 aliphatic heterocycles. The maximum Gasteiger partial charge on any atom is 0.190 e. The lowest BCUT2D eigenvalue weighted by molar-refractivity contribution is 0.626. The van der Waals surface area contributed by atoms with Crippen LogP contribution in [0.25, 0.3) is 0 Å². The molecule has 142 valence electrons. The first-order valence-electron chi connectivity index (χ1n) is 8.83. The van der Waals surface area contributed by atoms with Gasteiger partial charge in [0.05, 0.1) is 5.69 Å². The van der Waals surface area contributed by atoms with Gasteiger partial charge in [0, 0.05) is 37.8 Å². The van der Waals surface area contributed by atoms with Gasteiger partial charge in [-0.05, 0) is 62.3 Å². The Labute approximate surface area is 159 Å². The second kappa shape index (κ2) is 10.2. The van der Waals surface area contributed by atoms with E-state index in [-0.39, 0.29) is 5.82 Å². The Bertz CT molecular complexity index is 724. The first-order chi connectivity index (χ1) is 12.5. The fourth-order valence-electron chi connectivity index (χ4n) is 2.71. The molecule has 0 atom stereocenters. The Kier molecular flexibility index (Phi) is 7.97. The highest BCUT2D eigenvalue weighted by Crippen LogP contribution is 2.18. The van der Waals surface area contributed by atoms with Crippen LogP contribution in [-0.4, -0.2) is 41.6 Å². The molecular weight excluding hydrogens is 349 g/mol. The van der Waals surface area contributed by atoms with E-state index in [0.29, 0.717) is 0 Å². The number of hydrogen-bond donors (Lipinski definition) is 2. The topological polar surface area (TPSA) is 54.2 Å². The molecule has 7 heteroatoms. The zero-order valence-electron chi connectivity index (χ0n) is 16.0. The normalized spacial score (nSPS) is 11.7. The van der Waals surface area contributed by atoms with E-state index in [0.717, 1.165) is 48.2 Å². The van der Waals surface area contributed by atoms with Crippen LogP contribution in [0.2, 0.25) is 0 Å². The molecule has 26 heavy (non-hydrogen) atoms. The molecule has 1 heterocycles. The SMILES string of the molecule is CN=C(NCCCSc1ccc(F)cc1)NCCc1c(C)nn(C)c1C. The molecule has 0 aliphatic rings. The van der Waals surface area contributed by atoms with E-state index in [1.807, 2.05) is 30.8 Å². The maximum atomic E-state index is 12.9. The molecular formula is C19H28FN5S. The van der Waals surface area contributed by atoms with Gasteiger partial charge >= 0.3 is 0 Å². The summed E-state index contributed by atoms with van der Waals surface area (Å²) in [6.07, 6.45) is 1.93. The van der Waals surface area contributed by atoms with Gasteiger partial charge < -0.3 is 10.6 Å². The van der Waals surface area contributed by atoms with Crippen molar-refractivity contribution in [2.45, 2.75) is 31.6 Å². The summed E-state index contributed by atoms with van der Waals surface area (Å²) < 4.78 is 14.8. The van der Waals surface area contributed by atoms with Crippen LogP contribution in [0.4, 0.5) is 4.39 Å². The van der Waals surface area contributed by atoms with Gasteiger partial charge in [-0.2, -0.15) is 5.10 Å². The third-order valence-electron chi connectivity index (χ3n) is 4.25. The second-order valence-corrected chi connectivity index (χ2v) is 7.27. The van der Waals surface area contributed by atoms with Crippen LogP contribution in [0.3, 0.4) is 0 Å². The Morgan fingerprint density at radius 1 is 1.19 bits per heavy atom. The summed E-state index contributed by atoms with van der Waals surface area (Å²) in [6, 6.07) is 6.63. The molecule has 0 saturated heterocycles. The van der Waals surface area contributed by atoms with Crippen LogP contribution in [-0.2, 0) is 13.5 Å². The van der Waals surface area contributed by atoms with Crippen LogP contribution >= 0.6 is 11.8 Å². The van der Waals surface area contributed by atoms with E-state index in [2.05, 4.69) is 27.6 Å². The smallest absolute Gasteiger partial charge is 0.190 e. The van der Waals surface area contributed by atoms with Crippen LogP contribution in [0.1, 0.15) is 23.4 Å². The van der Waals surface area contributed by atoms with Crippen LogP contribution in [0.15, 0.2) is 34.2 Å². The van der Waals surface area contributed by atoms with Crippen molar-refractivity contribution >= 4 is 17.7 Å². The number of thioether (sulfide) groups is 1. The quantitative estimate of drug-likeness (QED) is 0.321. The molecule has 5 nitrogen and oxygen atoms in total. The van der Waals surface area contributed by atoms with Gasteiger partial charge in [-0.15, -0.1) is 11.8 Å². The van der Waals surface area contributed by atoms with Gasteiger partial charge in [0.15, 0.2) is 5.96 Å². The molecule has 0 fully saturated rings. The Morgan fingerprint density at radius 2 is 1.88 bits per heavy atom. The Morgan fingerprint density at radius 3 is 2.50 bits per heavy atom. The van der Waals surface area contributed by atoms with Crippen molar-refractivity contribution in [1.82, 2.24) is 20.4 Å². The highest BCUT2D eigenvalue weighted by atomic mass is 32.2. The Hall–Kier alpha value is -2.02. The van der Waals surface area contributed by atoms with Crippen molar-refractivity contribution in [2.24, 2.45) is 12.0 Å². The Balaban J connectivity index is 1.64. The minimum absolute atomic E-state index is 0.192. The van der Waals surface area contributed by atoms with E-state index >= 15 is 0 Å². The molecule has 1 aromatic heterocycles. The highest BCUT2D eigenvalue weighted by Gasteiger charge is 2.09. The number of benzene rings is 1. The number of rotatable bonds is 8. The van der Waals surface area contributed by atoms with E-state index in [1.165, 1.54) is 23.4 Å². The predicted octanol–water partition coefficient (Wildman–Crippen LogP) is 3.07. The molecule has 0 amide bonds.